The summed E-state index contributed by atoms with van der Waals surface area (Å²) in [6.45, 7) is 2.44. The molecule has 1 aliphatic rings. The zero-order valence-corrected chi connectivity index (χ0v) is 11.6. The highest BCUT2D eigenvalue weighted by Gasteiger charge is 2.35. The third-order valence-electron chi connectivity index (χ3n) is 3.32. The molecule has 94 valence electrons. The monoisotopic (exact) mass is 272 g/mol. The van der Waals surface area contributed by atoms with Gasteiger partial charge in [-0.25, -0.2) is 0 Å². The van der Waals surface area contributed by atoms with Crippen molar-refractivity contribution in [1.29, 1.82) is 0 Å². The molecule has 5 heteroatoms. The highest BCUT2D eigenvalue weighted by molar-refractivity contribution is 7.13. The molecule has 0 saturated heterocycles. The molecule has 0 aromatic carbocycles. The zero-order valence-electron chi connectivity index (χ0n) is 10.1. The van der Waals surface area contributed by atoms with E-state index in [1.54, 1.807) is 4.90 Å². The number of aryl methyl sites for hydroxylation is 1. The van der Waals surface area contributed by atoms with E-state index >= 15 is 0 Å². The van der Waals surface area contributed by atoms with E-state index in [0.29, 0.717) is 22.4 Å². The SMILES string of the molecule is Cc1csc(C(=O)N(C)C(CN)C2CC2)c1Cl. The van der Waals surface area contributed by atoms with Crippen molar-refractivity contribution in [1.82, 2.24) is 4.90 Å². The summed E-state index contributed by atoms with van der Waals surface area (Å²) in [5.74, 6) is 0.573. The van der Waals surface area contributed by atoms with E-state index in [9.17, 15) is 4.79 Å². The number of nitrogens with zero attached hydrogens (tertiary/aromatic N) is 1. The van der Waals surface area contributed by atoms with Crippen LogP contribution in [0.1, 0.15) is 28.1 Å². The lowest BCUT2D eigenvalue weighted by Crippen LogP contribution is -2.43. The van der Waals surface area contributed by atoms with Crippen molar-refractivity contribution >= 4 is 28.8 Å². The maximum Gasteiger partial charge on any atom is 0.265 e. The van der Waals surface area contributed by atoms with E-state index in [1.165, 1.54) is 24.2 Å². The highest BCUT2D eigenvalue weighted by atomic mass is 35.5. The van der Waals surface area contributed by atoms with Crippen LogP contribution in [0.5, 0.6) is 0 Å². The fraction of sp³-hybridized carbons (Fsp3) is 0.583. The number of hydrogen-bond donors (Lipinski definition) is 1. The first-order valence-electron chi connectivity index (χ1n) is 5.77. The van der Waals surface area contributed by atoms with Crippen LogP contribution in [-0.2, 0) is 0 Å². The van der Waals surface area contributed by atoms with Gasteiger partial charge >= 0.3 is 0 Å². The zero-order chi connectivity index (χ0) is 12.6. The maximum atomic E-state index is 12.3. The van der Waals surface area contributed by atoms with E-state index in [2.05, 4.69) is 0 Å². The third kappa shape index (κ3) is 2.49. The van der Waals surface area contributed by atoms with E-state index in [-0.39, 0.29) is 11.9 Å². The van der Waals surface area contributed by atoms with Gasteiger partial charge in [-0.3, -0.25) is 4.79 Å². The summed E-state index contributed by atoms with van der Waals surface area (Å²) in [5.41, 5.74) is 6.71. The van der Waals surface area contributed by atoms with Crippen molar-refractivity contribution in [3.05, 3.63) is 20.8 Å². The second-order valence-corrected chi connectivity index (χ2v) is 5.88. The highest BCUT2D eigenvalue weighted by Crippen LogP contribution is 2.36. The summed E-state index contributed by atoms with van der Waals surface area (Å²) in [6, 6.07) is 0.154. The molecule has 0 spiro atoms. The molecule has 17 heavy (non-hydrogen) atoms. The van der Waals surface area contributed by atoms with Crippen LogP contribution in [-0.4, -0.2) is 30.4 Å². The molecule has 1 fully saturated rings. The Kier molecular flexibility index (Phi) is 3.76. The number of amides is 1. The molecule has 1 heterocycles. The first kappa shape index (κ1) is 12.9. The molecule has 1 amide bonds. The van der Waals surface area contributed by atoms with Crippen LogP contribution >= 0.6 is 22.9 Å². The van der Waals surface area contributed by atoms with Gasteiger partial charge < -0.3 is 10.6 Å². The average molecular weight is 273 g/mol. The van der Waals surface area contributed by atoms with Gasteiger partial charge in [0.05, 0.1) is 5.02 Å². The largest absolute Gasteiger partial charge is 0.336 e. The molecule has 3 nitrogen and oxygen atoms in total. The van der Waals surface area contributed by atoms with Gasteiger partial charge in [0.2, 0.25) is 0 Å². The molecule has 1 unspecified atom stereocenters. The predicted molar refractivity (Wildman–Crippen MR) is 71.7 cm³/mol. The number of carbonyl (C=O) groups is 1. The third-order valence-corrected chi connectivity index (χ3v) is 5.00. The smallest absolute Gasteiger partial charge is 0.265 e. The van der Waals surface area contributed by atoms with Crippen LogP contribution in [0.4, 0.5) is 0 Å². The maximum absolute atomic E-state index is 12.3. The standard InChI is InChI=1S/C12H17ClN2OS/c1-7-6-17-11(10(7)13)12(16)15(2)9(5-14)8-3-4-8/h6,8-9H,3-5,14H2,1-2H3. The molecular weight excluding hydrogens is 256 g/mol. The molecule has 1 aromatic rings. The van der Waals surface area contributed by atoms with E-state index in [4.69, 9.17) is 17.3 Å². The van der Waals surface area contributed by atoms with Crippen molar-refractivity contribution in [2.75, 3.05) is 13.6 Å². The normalized spacial score (nSPS) is 16.9. The Bertz CT molecular complexity index is 428. The molecule has 1 saturated carbocycles. The van der Waals surface area contributed by atoms with Gasteiger partial charge in [0.25, 0.3) is 5.91 Å². The van der Waals surface area contributed by atoms with Crippen LogP contribution in [0.3, 0.4) is 0 Å². The molecule has 0 bridgehead atoms. The molecule has 2 rings (SSSR count). The van der Waals surface area contributed by atoms with Crippen molar-refractivity contribution < 1.29 is 4.79 Å². The lowest BCUT2D eigenvalue weighted by atomic mass is 10.1. The summed E-state index contributed by atoms with van der Waals surface area (Å²) in [7, 11) is 1.82. The van der Waals surface area contributed by atoms with Crippen molar-refractivity contribution in [3.63, 3.8) is 0 Å². The van der Waals surface area contributed by atoms with Gasteiger partial charge in [0.1, 0.15) is 4.88 Å². The summed E-state index contributed by atoms with van der Waals surface area (Å²) < 4.78 is 0. The quantitative estimate of drug-likeness (QED) is 0.916. The topological polar surface area (TPSA) is 46.3 Å². The lowest BCUT2D eigenvalue weighted by Gasteiger charge is -2.26. The molecule has 1 aliphatic carbocycles. The van der Waals surface area contributed by atoms with Gasteiger partial charge in [-0.2, -0.15) is 0 Å². The van der Waals surface area contributed by atoms with Gasteiger partial charge in [-0.1, -0.05) is 11.6 Å². The Morgan fingerprint density at radius 1 is 1.71 bits per heavy atom. The Morgan fingerprint density at radius 2 is 2.35 bits per heavy atom. The second-order valence-electron chi connectivity index (χ2n) is 4.62. The summed E-state index contributed by atoms with van der Waals surface area (Å²) in [5, 5.41) is 2.50. The number of thiophene rings is 1. The minimum absolute atomic E-state index is 0.00421. The Morgan fingerprint density at radius 3 is 2.76 bits per heavy atom. The number of rotatable bonds is 4. The van der Waals surface area contributed by atoms with Crippen LogP contribution in [0, 0.1) is 12.8 Å². The fourth-order valence-corrected chi connectivity index (χ4v) is 3.29. The molecule has 1 atom stereocenters. The van der Waals surface area contributed by atoms with E-state index in [1.807, 2.05) is 19.4 Å². The van der Waals surface area contributed by atoms with Gasteiger partial charge in [0.15, 0.2) is 0 Å². The first-order valence-corrected chi connectivity index (χ1v) is 7.02. The molecule has 2 N–H and O–H groups in total. The Hall–Kier alpha value is -0.580. The average Bonchev–Trinajstić information content (AvgIpc) is 3.08. The molecular formula is C12H17ClN2OS. The number of carbonyl (C=O) groups excluding carboxylic acids is 1. The van der Waals surface area contributed by atoms with E-state index < -0.39 is 0 Å². The predicted octanol–water partition coefficient (Wildman–Crippen LogP) is 2.52. The lowest BCUT2D eigenvalue weighted by molar-refractivity contribution is 0.0723. The van der Waals surface area contributed by atoms with Crippen molar-refractivity contribution in [2.24, 2.45) is 11.7 Å². The van der Waals surface area contributed by atoms with E-state index in [0.717, 1.165) is 5.56 Å². The van der Waals surface area contributed by atoms with Crippen molar-refractivity contribution in [3.8, 4) is 0 Å². The summed E-state index contributed by atoms with van der Waals surface area (Å²) in [4.78, 5) is 14.7. The van der Waals surface area contributed by atoms with Crippen molar-refractivity contribution in [2.45, 2.75) is 25.8 Å². The van der Waals surface area contributed by atoms with Crippen LogP contribution in [0.2, 0.25) is 5.02 Å². The molecule has 0 aliphatic heterocycles. The Balaban J connectivity index is 2.16. The van der Waals surface area contributed by atoms with Gasteiger partial charge in [-0.05, 0) is 36.6 Å². The van der Waals surface area contributed by atoms with Gasteiger partial charge in [-0.15, -0.1) is 11.3 Å². The second kappa shape index (κ2) is 4.96. The summed E-state index contributed by atoms with van der Waals surface area (Å²) in [6.07, 6.45) is 2.35. The number of halogens is 1. The van der Waals surface area contributed by atoms with Crippen LogP contribution in [0.25, 0.3) is 0 Å². The van der Waals surface area contributed by atoms with Crippen LogP contribution < -0.4 is 5.73 Å². The minimum Gasteiger partial charge on any atom is -0.336 e. The fourth-order valence-electron chi connectivity index (χ4n) is 2.03. The number of hydrogen-bond acceptors (Lipinski definition) is 3. The Labute approximate surface area is 111 Å². The molecule has 1 aromatic heterocycles. The van der Waals surface area contributed by atoms with Crippen LogP contribution in [0.15, 0.2) is 5.38 Å². The first-order chi connectivity index (χ1) is 8.06. The number of nitrogens with two attached hydrogens (primary N) is 1. The summed E-state index contributed by atoms with van der Waals surface area (Å²) >= 11 is 7.53. The minimum atomic E-state index is -0.00421. The molecule has 0 radical (unpaired) electrons. The van der Waals surface area contributed by atoms with Gasteiger partial charge in [0, 0.05) is 19.6 Å². The number of likely N-dealkylation sites (N-methyl/N-ethyl adjacent to an activating group) is 1.